The standard InChI is InChI=1S/C25H24F4IN7O2/c1-14(35-20-13-34-36(2)24(39)21(20)25(27,28)29)4-3-6-37-7-5-16-8-18(19(26)9-17(16)23(37)38)22-31-10-15(11-32-22)12-33-30/h5,7-11,13-14,33,35H,3-4,6,12H2,1-2H3/t14-/m0/s1. The number of pyridine rings is 1. The highest BCUT2D eigenvalue weighted by Gasteiger charge is 2.38. The maximum atomic E-state index is 14.9. The molecule has 0 aliphatic carbocycles. The van der Waals surface area contributed by atoms with Gasteiger partial charge < -0.3 is 9.88 Å². The number of fused-ring (bicyclic) bond motifs is 1. The first kappa shape index (κ1) is 28.6. The van der Waals surface area contributed by atoms with Crippen LogP contribution < -0.4 is 20.0 Å². The SMILES string of the molecule is C[C@@H](CCCn1ccc2cc(-c3ncc(CNI)cn3)c(F)cc2c1=O)Nc1cnn(C)c(=O)c1C(F)(F)F. The van der Waals surface area contributed by atoms with Crippen molar-refractivity contribution < 1.29 is 17.6 Å². The second-order valence-corrected chi connectivity index (χ2v) is 9.77. The predicted octanol–water partition coefficient (Wildman–Crippen LogP) is 4.43. The number of nitrogens with zero attached hydrogens (tertiary/aromatic N) is 5. The van der Waals surface area contributed by atoms with Gasteiger partial charge in [-0.25, -0.2) is 19.0 Å². The molecule has 0 spiro atoms. The Hall–Kier alpha value is -3.40. The summed E-state index contributed by atoms with van der Waals surface area (Å²) in [6.07, 6.45) is 1.75. The van der Waals surface area contributed by atoms with Crippen molar-refractivity contribution in [3.8, 4) is 11.4 Å². The third-order valence-electron chi connectivity index (χ3n) is 6.14. The second-order valence-electron chi connectivity index (χ2n) is 9.01. The van der Waals surface area contributed by atoms with Crippen LogP contribution in [0.2, 0.25) is 0 Å². The molecular formula is C25H24F4IN7O2. The van der Waals surface area contributed by atoms with E-state index in [-0.39, 0.29) is 23.3 Å². The molecule has 0 aliphatic heterocycles. The monoisotopic (exact) mass is 657 g/mol. The molecule has 4 aromatic rings. The maximum absolute atomic E-state index is 14.9. The molecule has 0 bridgehead atoms. The number of halogens is 5. The molecule has 0 aliphatic rings. The van der Waals surface area contributed by atoms with Crippen molar-refractivity contribution in [1.82, 2.24) is 27.8 Å². The minimum Gasteiger partial charge on any atom is -0.381 e. The van der Waals surface area contributed by atoms with Crippen LogP contribution in [0.15, 0.2) is 52.6 Å². The zero-order valence-electron chi connectivity index (χ0n) is 20.9. The maximum Gasteiger partial charge on any atom is 0.423 e. The fraction of sp³-hybridized carbons (Fsp3) is 0.320. The van der Waals surface area contributed by atoms with E-state index >= 15 is 0 Å². The van der Waals surface area contributed by atoms with Gasteiger partial charge in [-0.2, -0.15) is 18.3 Å². The Labute approximate surface area is 233 Å². The summed E-state index contributed by atoms with van der Waals surface area (Å²) in [5.74, 6) is -0.421. The van der Waals surface area contributed by atoms with Crippen molar-refractivity contribution in [3.05, 3.63) is 80.6 Å². The van der Waals surface area contributed by atoms with E-state index < -0.39 is 40.4 Å². The highest BCUT2D eigenvalue weighted by Crippen LogP contribution is 2.32. The number of hydrogen-bond donors (Lipinski definition) is 2. The van der Waals surface area contributed by atoms with Crippen molar-refractivity contribution in [3.63, 3.8) is 0 Å². The zero-order valence-corrected chi connectivity index (χ0v) is 23.0. The molecule has 0 saturated heterocycles. The third-order valence-corrected chi connectivity index (χ3v) is 6.52. The highest BCUT2D eigenvalue weighted by atomic mass is 127. The van der Waals surface area contributed by atoms with Crippen LogP contribution in [0.4, 0.5) is 23.2 Å². The Morgan fingerprint density at radius 2 is 1.82 bits per heavy atom. The molecule has 0 unspecified atom stereocenters. The number of rotatable bonds is 9. The number of nitrogens with one attached hydrogen (secondary N) is 2. The molecule has 0 radical (unpaired) electrons. The van der Waals surface area contributed by atoms with Crippen LogP contribution in [-0.2, 0) is 26.3 Å². The first-order valence-electron chi connectivity index (χ1n) is 11.9. The lowest BCUT2D eigenvalue weighted by atomic mass is 10.1. The Morgan fingerprint density at radius 1 is 1.10 bits per heavy atom. The van der Waals surface area contributed by atoms with E-state index in [0.29, 0.717) is 29.5 Å². The zero-order chi connectivity index (χ0) is 28.3. The van der Waals surface area contributed by atoms with Gasteiger partial charge in [0.2, 0.25) is 0 Å². The van der Waals surface area contributed by atoms with E-state index in [0.717, 1.165) is 18.8 Å². The Bertz CT molecular complexity index is 1600. The van der Waals surface area contributed by atoms with E-state index in [9.17, 15) is 27.2 Å². The largest absolute Gasteiger partial charge is 0.423 e. The van der Waals surface area contributed by atoms with Crippen LogP contribution in [0.3, 0.4) is 0 Å². The van der Waals surface area contributed by atoms with Crippen LogP contribution >= 0.6 is 22.9 Å². The van der Waals surface area contributed by atoms with E-state index in [2.05, 4.69) is 23.9 Å². The summed E-state index contributed by atoms with van der Waals surface area (Å²) in [4.78, 5) is 33.4. The van der Waals surface area contributed by atoms with Crippen molar-refractivity contribution in [2.75, 3.05) is 5.32 Å². The molecule has 3 aromatic heterocycles. The summed E-state index contributed by atoms with van der Waals surface area (Å²) in [7, 11) is 1.15. The van der Waals surface area contributed by atoms with E-state index in [4.69, 9.17) is 0 Å². The smallest absolute Gasteiger partial charge is 0.381 e. The van der Waals surface area contributed by atoms with Gasteiger partial charge in [0.15, 0.2) is 5.82 Å². The molecule has 1 aromatic carbocycles. The molecule has 0 saturated carbocycles. The number of benzene rings is 1. The highest BCUT2D eigenvalue weighted by molar-refractivity contribution is 14.1. The fourth-order valence-corrected chi connectivity index (χ4v) is 4.58. The van der Waals surface area contributed by atoms with Gasteiger partial charge in [-0.3, -0.25) is 13.1 Å². The molecule has 3 heterocycles. The Balaban J connectivity index is 1.46. The Kier molecular flexibility index (Phi) is 8.64. The van der Waals surface area contributed by atoms with Crippen molar-refractivity contribution >= 4 is 39.3 Å². The summed E-state index contributed by atoms with van der Waals surface area (Å²) in [6.45, 7) is 2.50. The van der Waals surface area contributed by atoms with Gasteiger partial charge >= 0.3 is 6.18 Å². The lowest BCUT2D eigenvalue weighted by Gasteiger charge is -2.19. The minimum atomic E-state index is -4.84. The topological polar surface area (TPSA) is 107 Å². The van der Waals surface area contributed by atoms with Gasteiger partial charge in [-0.15, -0.1) is 0 Å². The molecule has 0 amide bonds. The minimum absolute atomic E-state index is 0.178. The van der Waals surface area contributed by atoms with Crippen LogP contribution in [0.5, 0.6) is 0 Å². The lowest BCUT2D eigenvalue weighted by Crippen LogP contribution is -2.31. The molecule has 0 fully saturated rings. The molecule has 9 nitrogen and oxygen atoms in total. The summed E-state index contributed by atoms with van der Waals surface area (Å²) in [5, 5.41) is 7.10. The van der Waals surface area contributed by atoms with Crippen molar-refractivity contribution in [1.29, 1.82) is 0 Å². The fourth-order valence-electron chi connectivity index (χ4n) is 4.14. The molecule has 39 heavy (non-hydrogen) atoms. The summed E-state index contributed by atoms with van der Waals surface area (Å²) < 4.78 is 60.2. The molecule has 1 atom stereocenters. The quantitative estimate of drug-likeness (QED) is 0.156. The first-order chi connectivity index (χ1) is 18.5. The van der Waals surface area contributed by atoms with Crippen LogP contribution in [-0.4, -0.2) is 30.4 Å². The van der Waals surface area contributed by atoms with Crippen molar-refractivity contribution in [2.45, 2.75) is 45.1 Å². The molecule has 14 heteroatoms. The summed E-state index contributed by atoms with van der Waals surface area (Å²) >= 11 is 2.00. The normalized spacial score (nSPS) is 12.6. The number of anilines is 1. The molecule has 4 rings (SSSR count). The van der Waals surface area contributed by atoms with Crippen LogP contribution in [0.25, 0.3) is 22.2 Å². The van der Waals surface area contributed by atoms with Gasteiger partial charge in [0.1, 0.15) is 11.4 Å². The van der Waals surface area contributed by atoms with Gasteiger partial charge in [0.25, 0.3) is 11.1 Å². The van der Waals surface area contributed by atoms with Gasteiger partial charge in [-0.1, -0.05) is 0 Å². The summed E-state index contributed by atoms with van der Waals surface area (Å²) in [5.41, 5.74) is -2.32. The lowest BCUT2D eigenvalue weighted by molar-refractivity contribution is -0.138. The van der Waals surface area contributed by atoms with Gasteiger partial charge in [0.05, 0.1) is 22.8 Å². The second kappa shape index (κ2) is 11.8. The predicted molar refractivity (Wildman–Crippen MR) is 147 cm³/mol. The number of aryl methyl sites for hydroxylation is 2. The van der Waals surface area contributed by atoms with E-state index in [1.807, 2.05) is 22.9 Å². The van der Waals surface area contributed by atoms with Crippen molar-refractivity contribution in [2.24, 2.45) is 7.05 Å². The molecule has 206 valence electrons. The molecular weight excluding hydrogens is 633 g/mol. The summed E-state index contributed by atoms with van der Waals surface area (Å²) in [6, 6.07) is 3.94. The third kappa shape index (κ3) is 6.43. The average molecular weight is 657 g/mol. The molecule has 2 N–H and O–H groups in total. The van der Waals surface area contributed by atoms with E-state index in [1.165, 1.54) is 16.7 Å². The van der Waals surface area contributed by atoms with Gasteiger partial charge in [-0.05, 0) is 43.4 Å². The number of aromatic nitrogens is 5. The number of alkyl halides is 3. The number of hydrogen-bond acceptors (Lipinski definition) is 7. The average Bonchev–Trinajstić information content (AvgIpc) is 2.88. The van der Waals surface area contributed by atoms with E-state index in [1.54, 1.807) is 31.6 Å². The van der Waals surface area contributed by atoms with Crippen LogP contribution in [0, 0.1) is 5.82 Å². The first-order valence-corrected chi connectivity index (χ1v) is 12.9. The van der Waals surface area contributed by atoms with Gasteiger partial charge in [0, 0.05) is 73.2 Å². The Morgan fingerprint density at radius 3 is 2.49 bits per heavy atom. The van der Waals surface area contributed by atoms with Crippen LogP contribution in [0.1, 0.15) is 30.9 Å².